The Morgan fingerprint density at radius 3 is 2.76 bits per heavy atom. The molecule has 1 aromatic carbocycles. The van der Waals surface area contributed by atoms with E-state index in [0.29, 0.717) is 18.8 Å². The normalized spacial score (nSPS) is 21.2. The van der Waals surface area contributed by atoms with E-state index in [9.17, 15) is 9.59 Å². The standard InChI is InChI=1S/C26H30N4O3/c1-26(25(32)28-20-8-4-3-5-9-20)17-29-22-14-21(33-2)11-10-19(22)13-23(29)24(31)30(26)16-18-7-6-12-27-15-18/h6-7,10-15,20H,3-5,8-9,16-17H2,1-2H3,(H,28,32)/t26-/m1/s1. The van der Waals surface area contributed by atoms with Gasteiger partial charge in [0.15, 0.2) is 0 Å². The first-order chi connectivity index (χ1) is 16.0. The largest absolute Gasteiger partial charge is 0.497 e. The summed E-state index contributed by atoms with van der Waals surface area (Å²) in [6.07, 6.45) is 8.93. The summed E-state index contributed by atoms with van der Waals surface area (Å²) in [5.74, 6) is 0.477. The Hall–Kier alpha value is -3.35. The van der Waals surface area contributed by atoms with Crippen molar-refractivity contribution in [3.63, 3.8) is 0 Å². The molecule has 1 N–H and O–H groups in total. The highest BCUT2D eigenvalue weighted by Gasteiger charge is 2.48. The van der Waals surface area contributed by atoms with Gasteiger partial charge < -0.3 is 19.5 Å². The Labute approximate surface area is 193 Å². The van der Waals surface area contributed by atoms with Crippen molar-refractivity contribution >= 4 is 22.7 Å². The maximum Gasteiger partial charge on any atom is 0.271 e. The lowest BCUT2D eigenvalue weighted by Crippen LogP contribution is -2.64. The molecule has 5 rings (SSSR count). The van der Waals surface area contributed by atoms with E-state index in [0.717, 1.165) is 47.9 Å². The molecule has 0 spiro atoms. The second kappa shape index (κ2) is 8.54. The molecule has 1 fully saturated rings. The van der Waals surface area contributed by atoms with Crippen molar-refractivity contribution in [1.29, 1.82) is 0 Å². The minimum atomic E-state index is -1.04. The van der Waals surface area contributed by atoms with Crippen molar-refractivity contribution in [1.82, 2.24) is 19.8 Å². The van der Waals surface area contributed by atoms with E-state index in [1.807, 2.05) is 47.9 Å². The molecule has 0 unspecified atom stereocenters. The average molecular weight is 447 g/mol. The van der Waals surface area contributed by atoms with Gasteiger partial charge in [0.2, 0.25) is 5.91 Å². The van der Waals surface area contributed by atoms with E-state index < -0.39 is 5.54 Å². The van der Waals surface area contributed by atoms with E-state index >= 15 is 0 Å². The summed E-state index contributed by atoms with van der Waals surface area (Å²) in [5, 5.41) is 4.23. The number of nitrogens with zero attached hydrogens (tertiary/aromatic N) is 3. The molecule has 1 atom stereocenters. The number of rotatable bonds is 5. The summed E-state index contributed by atoms with van der Waals surface area (Å²) < 4.78 is 7.39. The van der Waals surface area contributed by atoms with E-state index in [-0.39, 0.29) is 17.9 Å². The maximum absolute atomic E-state index is 13.8. The summed E-state index contributed by atoms with van der Waals surface area (Å²) in [5.41, 5.74) is 1.35. The highest BCUT2D eigenvalue weighted by atomic mass is 16.5. The predicted molar refractivity (Wildman–Crippen MR) is 126 cm³/mol. The van der Waals surface area contributed by atoms with Gasteiger partial charge >= 0.3 is 0 Å². The molecular formula is C26H30N4O3. The number of carbonyl (C=O) groups is 2. The lowest BCUT2D eigenvalue weighted by molar-refractivity contribution is -0.134. The van der Waals surface area contributed by atoms with Crippen LogP contribution in [0.15, 0.2) is 48.8 Å². The zero-order valence-corrected chi connectivity index (χ0v) is 19.2. The molecule has 1 aliphatic heterocycles. The Morgan fingerprint density at radius 2 is 2.03 bits per heavy atom. The fourth-order valence-corrected chi connectivity index (χ4v) is 5.17. The Bertz CT molecular complexity index is 1180. The first kappa shape index (κ1) is 21.5. The molecule has 2 aromatic heterocycles. The predicted octanol–water partition coefficient (Wildman–Crippen LogP) is 3.91. The van der Waals surface area contributed by atoms with Gasteiger partial charge in [0.05, 0.1) is 19.2 Å². The van der Waals surface area contributed by atoms with E-state index in [1.54, 1.807) is 24.4 Å². The number of hydrogen-bond donors (Lipinski definition) is 1. The average Bonchev–Trinajstić information content (AvgIpc) is 3.20. The molecule has 172 valence electrons. The van der Waals surface area contributed by atoms with Gasteiger partial charge in [-0.15, -0.1) is 0 Å². The number of hydrogen-bond acceptors (Lipinski definition) is 4. The summed E-state index contributed by atoms with van der Waals surface area (Å²) in [4.78, 5) is 33.5. The smallest absolute Gasteiger partial charge is 0.271 e. The van der Waals surface area contributed by atoms with Crippen LogP contribution in [0.1, 0.15) is 55.1 Å². The summed E-state index contributed by atoms with van der Waals surface area (Å²) >= 11 is 0. The van der Waals surface area contributed by atoms with Crippen LogP contribution >= 0.6 is 0 Å². The number of pyridine rings is 1. The van der Waals surface area contributed by atoms with Crippen LogP contribution in [0.25, 0.3) is 10.9 Å². The summed E-state index contributed by atoms with van der Waals surface area (Å²) in [6, 6.07) is 11.6. The molecule has 3 aromatic rings. The molecule has 2 amide bonds. The quantitative estimate of drug-likeness (QED) is 0.645. The van der Waals surface area contributed by atoms with Gasteiger partial charge in [0.1, 0.15) is 17.0 Å². The molecular weight excluding hydrogens is 416 g/mol. The number of amides is 2. The van der Waals surface area contributed by atoms with Gasteiger partial charge in [0.25, 0.3) is 5.91 Å². The molecule has 1 aliphatic carbocycles. The molecule has 7 heteroatoms. The molecule has 0 bridgehead atoms. The minimum Gasteiger partial charge on any atom is -0.497 e. The van der Waals surface area contributed by atoms with Gasteiger partial charge in [0, 0.05) is 36.4 Å². The number of methoxy groups -OCH3 is 1. The molecule has 0 saturated heterocycles. The van der Waals surface area contributed by atoms with Crippen molar-refractivity contribution in [3.05, 3.63) is 60.0 Å². The van der Waals surface area contributed by atoms with E-state index in [2.05, 4.69) is 10.3 Å². The second-order valence-electron chi connectivity index (χ2n) is 9.38. The highest BCUT2D eigenvalue weighted by Crippen LogP contribution is 2.35. The van der Waals surface area contributed by atoms with Crippen LogP contribution in [0.2, 0.25) is 0 Å². The zero-order chi connectivity index (χ0) is 23.0. The van der Waals surface area contributed by atoms with Crippen LogP contribution in [0, 0.1) is 0 Å². The number of ether oxygens (including phenoxy) is 1. The van der Waals surface area contributed by atoms with Crippen molar-refractivity contribution < 1.29 is 14.3 Å². The van der Waals surface area contributed by atoms with Gasteiger partial charge in [-0.2, -0.15) is 0 Å². The van der Waals surface area contributed by atoms with Crippen molar-refractivity contribution in [2.75, 3.05) is 7.11 Å². The van der Waals surface area contributed by atoms with E-state index in [1.165, 1.54) is 6.42 Å². The van der Waals surface area contributed by atoms with Crippen LogP contribution in [-0.2, 0) is 17.9 Å². The maximum atomic E-state index is 13.8. The van der Waals surface area contributed by atoms with Crippen molar-refractivity contribution in [3.8, 4) is 5.75 Å². The highest BCUT2D eigenvalue weighted by molar-refractivity contribution is 6.03. The Balaban J connectivity index is 1.56. The van der Waals surface area contributed by atoms with Gasteiger partial charge in [-0.25, -0.2) is 0 Å². The number of nitrogens with one attached hydrogen (secondary N) is 1. The van der Waals surface area contributed by atoms with Crippen LogP contribution in [-0.4, -0.2) is 45.0 Å². The van der Waals surface area contributed by atoms with Gasteiger partial charge in [-0.05, 0) is 49.6 Å². The molecule has 0 radical (unpaired) electrons. The van der Waals surface area contributed by atoms with Gasteiger partial charge in [-0.3, -0.25) is 14.6 Å². The lowest BCUT2D eigenvalue weighted by Gasteiger charge is -2.45. The fourth-order valence-electron chi connectivity index (χ4n) is 5.17. The topological polar surface area (TPSA) is 76.5 Å². The molecule has 2 aliphatic rings. The summed E-state index contributed by atoms with van der Waals surface area (Å²) in [7, 11) is 1.63. The Kier molecular flexibility index (Phi) is 5.56. The van der Waals surface area contributed by atoms with Crippen LogP contribution in [0.4, 0.5) is 0 Å². The third-order valence-corrected chi connectivity index (χ3v) is 7.13. The number of fused-ring (bicyclic) bond motifs is 3. The van der Waals surface area contributed by atoms with Crippen LogP contribution < -0.4 is 10.1 Å². The number of carbonyl (C=O) groups excluding carboxylic acids is 2. The molecule has 1 saturated carbocycles. The van der Waals surface area contributed by atoms with Crippen LogP contribution in [0.5, 0.6) is 5.75 Å². The third kappa shape index (κ3) is 3.86. The first-order valence-electron chi connectivity index (χ1n) is 11.7. The fraction of sp³-hybridized carbons (Fsp3) is 0.423. The number of benzene rings is 1. The van der Waals surface area contributed by atoms with Crippen molar-refractivity contribution in [2.24, 2.45) is 0 Å². The molecule has 33 heavy (non-hydrogen) atoms. The lowest BCUT2D eigenvalue weighted by atomic mass is 9.91. The second-order valence-corrected chi connectivity index (χ2v) is 9.38. The van der Waals surface area contributed by atoms with Gasteiger partial charge in [-0.1, -0.05) is 25.3 Å². The minimum absolute atomic E-state index is 0.0953. The SMILES string of the molecule is COc1ccc2cc3n(c2c1)C[C@](C)(C(=O)NC1CCCCC1)N(Cc1cccnc1)C3=O. The molecule has 7 nitrogen and oxygen atoms in total. The summed E-state index contributed by atoms with van der Waals surface area (Å²) in [6.45, 7) is 2.59. The molecule has 3 heterocycles. The van der Waals surface area contributed by atoms with Crippen LogP contribution in [0.3, 0.4) is 0 Å². The Morgan fingerprint density at radius 1 is 1.21 bits per heavy atom. The first-order valence-corrected chi connectivity index (χ1v) is 11.7. The third-order valence-electron chi connectivity index (χ3n) is 7.13. The van der Waals surface area contributed by atoms with Crippen molar-refractivity contribution in [2.45, 2.75) is 63.7 Å². The number of aromatic nitrogens is 2. The monoisotopic (exact) mass is 446 g/mol. The van der Waals surface area contributed by atoms with E-state index in [4.69, 9.17) is 4.74 Å². The zero-order valence-electron chi connectivity index (χ0n) is 19.2.